The zero-order valence-corrected chi connectivity index (χ0v) is 10.8. The zero-order chi connectivity index (χ0) is 14.4. The minimum absolute atomic E-state index is 0.125. The summed E-state index contributed by atoms with van der Waals surface area (Å²) in [6.07, 6.45) is 0. The number of hydrogen-bond acceptors (Lipinski definition) is 5. The lowest BCUT2D eigenvalue weighted by Crippen LogP contribution is -2.30. The fraction of sp³-hybridized carbons (Fsp3) is 0.273. The van der Waals surface area contributed by atoms with Crippen molar-refractivity contribution in [3.05, 3.63) is 38.9 Å². The van der Waals surface area contributed by atoms with E-state index in [4.69, 9.17) is 11.6 Å². The van der Waals surface area contributed by atoms with Gasteiger partial charge in [-0.25, -0.2) is 0 Å². The van der Waals surface area contributed by atoms with Crippen LogP contribution >= 0.6 is 11.6 Å². The van der Waals surface area contributed by atoms with E-state index in [0.717, 1.165) is 6.07 Å². The molecule has 1 N–H and O–H groups in total. The third-order valence-electron chi connectivity index (χ3n) is 2.11. The van der Waals surface area contributed by atoms with Gasteiger partial charge in [-0.05, 0) is 19.1 Å². The van der Waals surface area contributed by atoms with E-state index in [9.17, 15) is 19.7 Å². The maximum Gasteiger partial charge on any atom is 0.325 e. The molecule has 0 spiro atoms. The van der Waals surface area contributed by atoms with Crippen LogP contribution in [0.1, 0.15) is 17.3 Å². The molecule has 0 unspecified atom stereocenters. The molecule has 0 aliphatic heterocycles. The monoisotopic (exact) mass is 286 g/mol. The molecule has 1 aromatic carbocycles. The van der Waals surface area contributed by atoms with Crippen LogP contribution in [0.4, 0.5) is 5.69 Å². The first-order valence-corrected chi connectivity index (χ1v) is 5.71. The first-order valence-electron chi connectivity index (χ1n) is 5.33. The van der Waals surface area contributed by atoms with E-state index in [1.54, 1.807) is 6.92 Å². The minimum atomic E-state index is -0.650. The number of halogens is 1. The van der Waals surface area contributed by atoms with Crippen LogP contribution in [0, 0.1) is 10.1 Å². The van der Waals surface area contributed by atoms with Crippen LogP contribution in [0.3, 0.4) is 0 Å². The normalized spacial score (nSPS) is 9.79. The average Bonchev–Trinajstić information content (AvgIpc) is 2.35. The molecular formula is C11H11ClN2O5. The Bertz CT molecular complexity index is 518. The Hall–Kier alpha value is -2.15. The lowest BCUT2D eigenvalue weighted by atomic mass is 10.2. The van der Waals surface area contributed by atoms with Crippen molar-refractivity contribution in [2.75, 3.05) is 13.2 Å². The number of nitro groups is 1. The van der Waals surface area contributed by atoms with Gasteiger partial charge in [0, 0.05) is 11.6 Å². The molecule has 7 nitrogen and oxygen atoms in total. The summed E-state index contributed by atoms with van der Waals surface area (Å²) in [6.45, 7) is 1.59. The fourth-order valence-electron chi connectivity index (χ4n) is 1.26. The maximum atomic E-state index is 11.6. The largest absolute Gasteiger partial charge is 0.465 e. The Morgan fingerprint density at radius 2 is 2.16 bits per heavy atom. The zero-order valence-electron chi connectivity index (χ0n) is 10.0. The summed E-state index contributed by atoms with van der Waals surface area (Å²) in [5.41, 5.74) is -0.163. The summed E-state index contributed by atoms with van der Waals surface area (Å²) in [7, 11) is 0. The van der Waals surface area contributed by atoms with Crippen molar-refractivity contribution >= 4 is 29.2 Å². The van der Waals surface area contributed by atoms with Gasteiger partial charge >= 0.3 is 5.97 Å². The first kappa shape index (κ1) is 14.9. The van der Waals surface area contributed by atoms with E-state index in [-0.39, 0.29) is 29.4 Å². The maximum absolute atomic E-state index is 11.6. The highest BCUT2D eigenvalue weighted by Crippen LogP contribution is 2.24. The molecule has 0 radical (unpaired) electrons. The van der Waals surface area contributed by atoms with Gasteiger partial charge in [-0.1, -0.05) is 11.6 Å². The number of ether oxygens (including phenoxy) is 1. The molecule has 8 heteroatoms. The van der Waals surface area contributed by atoms with Gasteiger partial charge in [0.25, 0.3) is 11.6 Å². The van der Waals surface area contributed by atoms with E-state index in [1.165, 1.54) is 12.1 Å². The highest BCUT2D eigenvalue weighted by Gasteiger charge is 2.15. The van der Waals surface area contributed by atoms with Gasteiger partial charge in [0.05, 0.1) is 11.5 Å². The number of rotatable bonds is 5. The van der Waals surface area contributed by atoms with Crippen LogP contribution in [-0.4, -0.2) is 30.0 Å². The molecule has 102 valence electrons. The fourth-order valence-corrected chi connectivity index (χ4v) is 1.51. The number of esters is 1. The van der Waals surface area contributed by atoms with Crippen LogP contribution in [-0.2, 0) is 9.53 Å². The highest BCUT2D eigenvalue weighted by molar-refractivity contribution is 6.33. The van der Waals surface area contributed by atoms with Gasteiger partial charge in [0.2, 0.25) is 0 Å². The van der Waals surface area contributed by atoms with Crippen LogP contribution in [0.5, 0.6) is 0 Å². The number of benzene rings is 1. The van der Waals surface area contributed by atoms with Gasteiger partial charge in [0.1, 0.15) is 11.6 Å². The number of carbonyl (C=O) groups is 2. The third kappa shape index (κ3) is 4.22. The molecule has 0 aliphatic rings. The first-order chi connectivity index (χ1) is 8.95. The molecular weight excluding hydrogens is 276 g/mol. The topological polar surface area (TPSA) is 98.5 Å². The molecule has 0 atom stereocenters. The summed E-state index contributed by atoms with van der Waals surface area (Å²) < 4.78 is 4.63. The van der Waals surface area contributed by atoms with E-state index in [1.807, 2.05) is 0 Å². The number of nitrogens with zero attached hydrogens (tertiary/aromatic N) is 1. The van der Waals surface area contributed by atoms with Crippen LogP contribution in [0.15, 0.2) is 18.2 Å². The predicted octanol–water partition coefficient (Wildman–Crippen LogP) is 1.54. The molecule has 1 amide bonds. The second kappa shape index (κ2) is 6.69. The van der Waals surface area contributed by atoms with Crippen molar-refractivity contribution in [3.8, 4) is 0 Å². The average molecular weight is 287 g/mol. The Kier molecular flexibility index (Phi) is 5.25. The lowest BCUT2D eigenvalue weighted by molar-refractivity contribution is -0.384. The van der Waals surface area contributed by atoms with E-state index >= 15 is 0 Å². The Labute approximate surface area is 113 Å². The quantitative estimate of drug-likeness (QED) is 0.503. The number of amides is 1. The number of nitro benzene ring substituents is 1. The lowest BCUT2D eigenvalue weighted by Gasteiger charge is -2.05. The SMILES string of the molecule is CCOC(=O)CNC(=O)c1ccc([N+](=O)[O-])c(Cl)c1. The number of hydrogen-bond donors (Lipinski definition) is 1. The second-order valence-electron chi connectivity index (χ2n) is 3.41. The smallest absolute Gasteiger partial charge is 0.325 e. The summed E-state index contributed by atoms with van der Waals surface area (Å²) in [5, 5.41) is 12.7. The van der Waals surface area contributed by atoms with Crippen LogP contribution < -0.4 is 5.32 Å². The van der Waals surface area contributed by atoms with Gasteiger partial charge < -0.3 is 10.1 Å². The van der Waals surface area contributed by atoms with E-state index in [2.05, 4.69) is 10.1 Å². The van der Waals surface area contributed by atoms with Crippen LogP contribution in [0.25, 0.3) is 0 Å². The highest BCUT2D eigenvalue weighted by atomic mass is 35.5. The molecule has 0 heterocycles. The van der Waals surface area contributed by atoms with Crippen molar-refractivity contribution < 1.29 is 19.2 Å². The Morgan fingerprint density at radius 3 is 2.68 bits per heavy atom. The minimum Gasteiger partial charge on any atom is -0.465 e. The summed E-state index contributed by atoms with van der Waals surface area (Å²) in [6, 6.07) is 3.55. The molecule has 1 rings (SSSR count). The second-order valence-corrected chi connectivity index (χ2v) is 3.82. The van der Waals surface area contributed by atoms with Gasteiger partial charge in [0.15, 0.2) is 0 Å². The molecule has 0 aliphatic carbocycles. The van der Waals surface area contributed by atoms with Crippen molar-refractivity contribution in [2.24, 2.45) is 0 Å². The Balaban J connectivity index is 2.70. The van der Waals surface area contributed by atoms with Crippen LogP contribution in [0.2, 0.25) is 5.02 Å². The number of nitrogens with one attached hydrogen (secondary N) is 1. The number of carbonyl (C=O) groups excluding carboxylic acids is 2. The molecule has 1 aromatic rings. The van der Waals surface area contributed by atoms with E-state index in [0.29, 0.717) is 0 Å². The Morgan fingerprint density at radius 1 is 1.47 bits per heavy atom. The molecule has 0 bridgehead atoms. The molecule has 0 aromatic heterocycles. The standard InChI is InChI=1S/C11H11ClN2O5/c1-2-19-10(15)6-13-11(16)7-3-4-9(14(17)18)8(12)5-7/h3-5H,2,6H2,1H3,(H,13,16). The summed E-state index contributed by atoms with van der Waals surface area (Å²) in [5.74, 6) is -1.13. The van der Waals surface area contributed by atoms with E-state index < -0.39 is 16.8 Å². The van der Waals surface area contributed by atoms with Crippen molar-refractivity contribution in [3.63, 3.8) is 0 Å². The van der Waals surface area contributed by atoms with Gasteiger partial charge in [-0.2, -0.15) is 0 Å². The van der Waals surface area contributed by atoms with Gasteiger partial charge in [-0.3, -0.25) is 19.7 Å². The molecule has 0 fully saturated rings. The molecule has 0 saturated carbocycles. The predicted molar refractivity (Wildman–Crippen MR) is 67.1 cm³/mol. The van der Waals surface area contributed by atoms with Crippen molar-refractivity contribution in [1.29, 1.82) is 0 Å². The third-order valence-corrected chi connectivity index (χ3v) is 2.41. The van der Waals surface area contributed by atoms with Crippen molar-refractivity contribution in [2.45, 2.75) is 6.92 Å². The van der Waals surface area contributed by atoms with Gasteiger partial charge in [-0.15, -0.1) is 0 Å². The summed E-state index contributed by atoms with van der Waals surface area (Å²) in [4.78, 5) is 32.6. The molecule has 0 saturated heterocycles. The molecule has 19 heavy (non-hydrogen) atoms. The summed E-state index contributed by atoms with van der Waals surface area (Å²) >= 11 is 5.67. The van der Waals surface area contributed by atoms with Crippen molar-refractivity contribution in [1.82, 2.24) is 5.32 Å².